The molecule has 0 atom stereocenters. The molecule has 0 saturated heterocycles. The minimum absolute atomic E-state index is 0. The van der Waals surface area contributed by atoms with Gasteiger partial charge in [-0.3, -0.25) is 0 Å². The average molecular weight is 349 g/mol. The molecule has 10 heteroatoms. The predicted molar refractivity (Wildman–Crippen MR) is 41.3 cm³/mol. The Labute approximate surface area is 203 Å². The molecule has 6 nitrogen and oxygen atoms in total. The van der Waals surface area contributed by atoms with Crippen LogP contribution in [0.4, 0.5) is 0 Å². The van der Waals surface area contributed by atoms with Gasteiger partial charge in [0.1, 0.15) is 0 Å². The van der Waals surface area contributed by atoms with Gasteiger partial charge in [-0.25, -0.2) is 0 Å². The summed E-state index contributed by atoms with van der Waals surface area (Å²) in [7, 11) is 0. The van der Waals surface area contributed by atoms with Crippen LogP contribution >= 0.6 is 0 Å². The zero-order valence-corrected chi connectivity index (χ0v) is 16.8. The Bertz CT molecular complexity index is 106. The molecule has 16 heavy (non-hydrogen) atoms. The Morgan fingerprint density at radius 1 is 0.375 bits per heavy atom. The first-order chi connectivity index (χ1) is 6.00. The van der Waals surface area contributed by atoms with Crippen LogP contribution in [0.15, 0.2) is 0 Å². The van der Waals surface area contributed by atoms with Crippen LogP contribution in [-0.2, 0) is 33.8 Å². The second kappa shape index (κ2) is 2460. The molecule has 0 N–H and O–H groups in total. The van der Waals surface area contributed by atoms with Gasteiger partial charge < -0.3 is 71.0 Å². The van der Waals surface area contributed by atoms with Gasteiger partial charge in [-0.05, 0) is 0 Å². The Morgan fingerprint density at radius 2 is 0.375 bits per heavy atom. The maximum atomic E-state index is 6.25. The molecule has 0 aromatic heterocycles. The van der Waals surface area contributed by atoms with E-state index >= 15 is 0 Å². The van der Waals surface area contributed by atoms with E-state index in [1.54, 1.807) is 0 Å². The molecular weight excluding hydrogens is 349 g/mol. The zero-order chi connectivity index (χ0) is 12.0. The molecule has 0 aliphatic heterocycles. The van der Waals surface area contributed by atoms with Crippen molar-refractivity contribution in [3.8, 4) is 0 Å². The maximum Gasteiger partial charge on any atom is 6.00 e. The summed E-state index contributed by atoms with van der Waals surface area (Å²) in [4.78, 5) is 0. The van der Waals surface area contributed by atoms with E-state index < -0.39 is 0 Å². The van der Waals surface area contributed by atoms with Crippen LogP contribution in [0.5, 0.6) is 0 Å². The van der Waals surface area contributed by atoms with Crippen molar-refractivity contribution in [2.75, 3.05) is 0 Å². The van der Waals surface area contributed by atoms with Crippen LogP contribution in [0.3, 0.4) is 0 Å². The molecule has 0 fully saturated rings. The van der Waals surface area contributed by atoms with Crippen molar-refractivity contribution in [3.05, 3.63) is 39.4 Å². The summed E-state index contributed by atoms with van der Waals surface area (Å²) in [6.45, 7) is 28.5. The van der Waals surface area contributed by atoms with Gasteiger partial charge in [0.25, 0.3) is 0 Å². The fraction of sp³-hybridized carbons (Fsp3) is 0. The fourth-order valence-electron chi connectivity index (χ4n) is 0. The molecule has 0 aromatic carbocycles. The predicted octanol–water partition coefficient (Wildman–Crippen LogP) is -0.188. The summed E-state index contributed by atoms with van der Waals surface area (Å²) in [5, 5.41) is 37.5. The Hall–Kier alpha value is 1.24. The van der Waals surface area contributed by atoms with E-state index in [9.17, 15) is 0 Å². The van der Waals surface area contributed by atoms with Crippen LogP contribution < -0.4 is 0 Å². The summed E-state index contributed by atoms with van der Waals surface area (Å²) in [5.41, 5.74) is 0. The third kappa shape index (κ3) is 2010. The molecule has 0 amide bonds. The third-order valence-corrected chi connectivity index (χ3v) is 0. The van der Waals surface area contributed by atoms with Crippen LogP contribution in [0.2, 0.25) is 0 Å². The smallest absolute Gasteiger partial charge is 0.512 e. The molecule has 0 saturated carbocycles. The van der Waals surface area contributed by atoms with Gasteiger partial charge in [0.15, 0.2) is 0 Å². The van der Waals surface area contributed by atoms with Crippen LogP contribution in [0.25, 0.3) is 0 Å². The molecule has 0 unspecified atom stereocenters. The van der Waals surface area contributed by atoms with Gasteiger partial charge in [-0.1, -0.05) is 0 Å². The van der Waals surface area contributed by atoms with Crippen LogP contribution in [0, 0.1) is 71.0 Å². The van der Waals surface area contributed by atoms with Crippen molar-refractivity contribution in [2.24, 2.45) is 0 Å². The fourth-order valence-corrected chi connectivity index (χ4v) is 0. The zero-order valence-electron chi connectivity index (χ0n) is 8.37. The number of hydrogen-bond donors (Lipinski definition) is 0. The van der Waals surface area contributed by atoms with E-state index in [-0.39, 0.29) is 137 Å². The molecule has 0 bridgehead atoms. The van der Waals surface area contributed by atoms with Crippen molar-refractivity contribution in [1.82, 2.24) is 0 Å². The van der Waals surface area contributed by atoms with Gasteiger partial charge >= 0.3 is 17.1 Å². The maximum absolute atomic E-state index is 6.25. The summed E-state index contributed by atoms with van der Waals surface area (Å²) in [5.74, 6) is 0. The molecule has 0 rings (SSSR count). The number of nitrogens with zero attached hydrogens (tertiary/aromatic N) is 6. The quantitative estimate of drug-likeness (QED) is 0.438. The summed E-state index contributed by atoms with van der Waals surface area (Å²) in [6.07, 6.45) is 0. The largest absolute Gasteiger partial charge is 6.00 e. The topological polar surface area (TPSA) is 143 Å². The first-order valence-corrected chi connectivity index (χ1v) is 1.34. The van der Waals surface area contributed by atoms with Crippen molar-refractivity contribution in [3.63, 3.8) is 0 Å². The van der Waals surface area contributed by atoms with E-state index in [4.69, 9.17) is 71.0 Å². The van der Waals surface area contributed by atoms with Crippen LogP contribution in [0.1, 0.15) is 0 Å². The summed E-state index contributed by atoms with van der Waals surface area (Å²) < 4.78 is 0. The van der Waals surface area contributed by atoms with E-state index in [1.165, 1.54) is 0 Å². The Balaban J connectivity index is -0.00000000321. The molecule has 0 aliphatic rings. The van der Waals surface area contributed by atoms with Crippen molar-refractivity contribution in [2.45, 2.75) is 0 Å². The minimum atomic E-state index is 0. The van der Waals surface area contributed by atoms with E-state index in [1.807, 2.05) is 0 Å². The Morgan fingerprint density at radius 3 is 0.375 bits per heavy atom. The van der Waals surface area contributed by atoms with E-state index in [2.05, 4.69) is 0 Å². The monoisotopic (exact) mass is 349 g/mol. The van der Waals surface area contributed by atoms with Gasteiger partial charge in [-0.15, -0.1) is 0 Å². The first kappa shape index (κ1) is 86.8. The summed E-state index contributed by atoms with van der Waals surface area (Å²) >= 11 is 0. The van der Waals surface area contributed by atoms with Crippen molar-refractivity contribution >= 4 is 103 Å². The second-order valence-corrected chi connectivity index (χ2v) is 0. The van der Waals surface area contributed by atoms with Crippen molar-refractivity contribution in [1.29, 1.82) is 31.6 Å². The molecule has 3 radical (unpaired) electrons. The Kier molecular flexibility index (Phi) is 13300. The standard InChI is InChI=1S/6CN.Co.Fe.2K/c6*1-2;;;;/q6*-1;;+6;;. The SMILES string of the molecule is [C-]#N.[C-]#N.[C-]#N.[C-]#N.[C-]#N.[C-]#N.[Co].[Fe+6].[K].[K]. The van der Waals surface area contributed by atoms with Gasteiger partial charge in [0, 0.05) is 120 Å². The second-order valence-electron chi connectivity index (χ2n) is 0. The van der Waals surface area contributed by atoms with Crippen LogP contribution in [-0.4, -0.2) is 103 Å². The average Bonchev–Trinajstić information content (AvgIpc) is 2.33. The van der Waals surface area contributed by atoms with Gasteiger partial charge in [-0.2, -0.15) is 0 Å². The molecule has 0 aromatic rings. The molecule has 0 heterocycles. The summed E-state index contributed by atoms with van der Waals surface area (Å²) in [6, 6.07) is 0. The van der Waals surface area contributed by atoms with Crippen molar-refractivity contribution < 1.29 is 33.8 Å². The number of hydrogen-bond acceptors (Lipinski definition) is 6. The van der Waals surface area contributed by atoms with E-state index in [0.717, 1.165) is 0 Å². The molecule has 73 valence electrons. The first-order valence-electron chi connectivity index (χ1n) is 1.34. The van der Waals surface area contributed by atoms with Gasteiger partial charge in [0.2, 0.25) is 0 Å². The molecule has 0 spiro atoms. The molecule has 0 aliphatic carbocycles. The minimum Gasteiger partial charge on any atom is -0.512 e. The number of rotatable bonds is 0. The third-order valence-electron chi connectivity index (χ3n) is 0. The van der Waals surface area contributed by atoms with E-state index in [0.29, 0.717) is 0 Å². The normalized spacial score (nSPS) is 0.750. The molecular formula is C6CoFeK2N6. The van der Waals surface area contributed by atoms with Gasteiger partial charge in [0.05, 0.1) is 0 Å².